The lowest BCUT2D eigenvalue weighted by Crippen LogP contribution is -2.25. The Balaban J connectivity index is 1.28. The second-order valence-corrected chi connectivity index (χ2v) is 10.9. The molecule has 2 aliphatic rings. The maximum absolute atomic E-state index is 2.53. The monoisotopic (exact) mass is 430 g/mol. The lowest BCUT2D eigenvalue weighted by atomic mass is 9.68. The summed E-state index contributed by atoms with van der Waals surface area (Å²) in [6.45, 7) is 4.56. The predicted octanol–water partition coefficient (Wildman–Crippen LogP) is 10.0. The third kappa shape index (κ3) is 6.27. The van der Waals surface area contributed by atoms with Crippen LogP contribution in [0.3, 0.4) is 0 Å². The van der Waals surface area contributed by atoms with Crippen LogP contribution in [-0.2, 0) is 6.42 Å². The summed E-state index contributed by atoms with van der Waals surface area (Å²) in [6.07, 6.45) is 24.3. The number of hydrogen-bond acceptors (Lipinski definition) is 0. The first-order chi connectivity index (χ1) is 15.8. The van der Waals surface area contributed by atoms with Crippen molar-refractivity contribution >= 4 is 10.8 Å². The molecule has 2 saturated carbocycles. The van der Waals surface area contributed by atoms with E-state index in [9.17, 15) is 0 Å². The molecule has 174 valence electrons. The Morgan fingerprint density at radius 2 is 1.41 bits per heavy atom. The van der Waals surface area contributed by atoms with E-state index < -0.39 is 0 Å². The first kappa shape index (κ1) is 23.6. The quantitative estimate of drug-likeness (QED) is 0.274. The normalized spacial score (nSPS) is 26.7. The van der Waals surface area contributed by atoms with Gasteiger partial charge in [0.2, 0.25) is 0 Å². The standard InChI is InChI=1S/C32H46/c1-3-5-7-9-25-11-14-27(15-12-25)28-17-19-29(20-18-28)31-22-21-30-23-26(10-8-6-4-2)13-16-32(30)24-31/h7,9,13,16,21-25,27-29H,3-6,8,10-12,14-15,17-20H2,1-2H3/b9-7+. The minimum Gasteiger partial charge on any atom is -0.0883 e. The van der Waals surface area contributed by atoms with Crippen LogP contribution in [0.1, 0.15) is 114 Å². The molecule has 0 bridgehead atoms. The molecule has 2 fully saturated rings. The van der Waals surface area contributed by atoms with Crippen LogP contribution < -0.4 is 0 Å². The van der Waals surface area contributed by atoms with Gasteiger partial charge >= 0.3 is 0 Å². The highest BCUT2D eigenvalue weighted by molar-refractivity contribution is 5.84. The van der Waals surface area contributed by atoms with Crippen LogP contribution in [-0.4, -0.2) is 0 Å². The third-order valence-electron chi connectivity index (χ3n) is 8.59. The number of rotatable bonds is 9. The summed E-state index contributed by atoms with van der Waals surface area (Å²) in [4.78, 5) is 0. The number of benzene rings is 2. The molecule has 0 unspecified atom stereocenters. The van der Waals surface area contributed by atoms with Crippen molar-refractivity contribution in [1.82, 2.24) is 0 Å². The Morgan fingerprint density at radius 3 is 2.12 bits per heavy atom. The molecule has 4 rings (SSSR count). The average molecular weight is 431 g/mol. The Morgan fingerprint density at radius 1 is 0.719 bits per heavy atom. The van der Waals surface area contributed by atoms with Crippen molar-refractivity contribution in [2.75, 3.05) is 0 Å². The van der Waals surface area contributed by atoms with E-state index in [4.69, 9.17) is 0 Å². The molecule has 2 aromatic rings. The molecule has 0 radical (unpaired) electrons. The molecule has 2 aromatic carbocycles. The van der Waals surface area contributed by atoms with E-state index in [1.165, 1.54) is 106 Å². The van der Waals surface area contributed by atoms with Crippen LogP contribution >= 0.6 is 0 Å². The number of unbranched alkanes of at least 4 members (excludes halogenated alkanes) is 3. The minimum absolute atomic E-state index is 0.785. The van der Waals surface area contributed by atoms with Crippen molar-refractivity contribution in [3.05, 3.63) is 59.7 Å². The fourth-order valence-corrected chi connectivity index (χ4v) is 6.49. The number of fused-ring (bicyclic) bond motifs is 1. The van der Waals surface area contributed by atoms with E-state index in [-0.39, 0.29) is 0 Å². The molecular formula is C32H46. The molecule has 2 aliphatic carbocycles. The first-order valence-electron chi connectivity index (χ1n) is 14.0. The van der Waals surface area contributed by atoms with Crippen LogP contribution in [0.2, 0.25) is 0 Å². The van der Waals surface area contributed by atoms with Crippen molar-refractivity contribution in [2.24, 2.45) is 17.8 Å². The first-order valence-corrected chi connectivity index (χ1v) is 14.0. The lowest BCUT2D eigenvalue weighted by molar-refractivity contribution is 0.171. The Labute approximate surface area is 197 Å². The van der Waals surface area contributed by atoms with Gasteiger partial charge in [-0.05, 0) is 116 Å². The fourth-order valence-electron chi connectivity index (χ4n) is 6.49. The van der Waals surface area contributed by atoms with Crippen LogP contribution in [0.4, 0.5) is 0 Å². The molecule has 0 N–H and O–H groups in total. The Hall–Kier alpha value is -1.56. The van der Waals surface area contributed by atoms with Gasteiger partial charge in [0.05, 0.1) is 0 Å². The average Bonchev–Trinajstić information content (AvgIpc) is 2.85. The highest BCUT2D eigenvalue weighted by Crippen LogP contribution is 2.44. The summed E-state index contributed by atoms with van der Waals surface area (Å²) < 4.78 is 0. The van der Waals surface area contributed by atoms with Gasteiger partial charge in [0, 0.05) is 0 Å². The van der Waals surface area contributed by atoms with Crippen LogP contribution in [0.5, 0.6) is 0 Å². The minimum atomic E-state index is 0.785. The van der Waals surface area contributed by atoms with Crippen molar-refractivity contribution in [3.63, 3.8) is 0 Å². The third-order valence-corrected chi connectivity index (χ3v) is 8.59. The summed E-state index contributed by atoms with van der Waals surface area (Å²) in [7, 11) is 0. The number of aryl methyl sites for hydroxylation is 1. The number of allylic oxidation sites excluding steroid dienone is 2. The topological polar surface area (TPSA) is 0 Å². The van der Waals surface area contributed by atoms with Crippen molar-refractivity contribution in [3.8, 4) is 0 Å². The Kier molecular flexibility index (Phi) is 8.89. The molecule has 0 aliphatic heterocycles. The zero-order valence-corrected chi connectivity index (χ0v) is 20.8. The molecule has 0 nitrogen and oxygen atoms in total. The van der Waals surface area contributed by atoms with Gasteiger partial charge in [-0.15, -0.1) is 0 Å². The highest BCUT2D eigenvalue weighted by atomic mass is 14.4. The van der Waals surface area contributed by atoms with Crippen LogP contribution in [0.25, 0.3) is 10.8 Å². The summed E-state index contributed by atoms with van der Waals surface area (Å²) in [5.74, 6) is 3.67. The van der Waals surface area contributed by atoms with Gasteiger partial charge in [0.15, 0.2) is 0 Å². The molecule has 0 saturated heterocycles. The van der Waals surface area contributed by atoms with E-state index in [1.807, 2.05) is 0 Å². The maximum Gasteiger partial charge on any atom is -0.0162 e. The van der Waals surface area contributed by atoms with Crippen LogP contribution in [0.15, 0.2) is 48.6 Å². The molecule has 0 aromatic heterocycles. The largest absolute Gasteiger partial charge is 0.0883 e. The van der Waals surface area contributed by atoms with Gasteiger partial charge in [0.25, 0.3) is 0 Å². The van der Waals surface area contributed by atoms with Gasteiger partial charge in [-0.1, -0.05) is 81.7 Å². The van der Waals surface area contributed by atoms with Gasteiger partial charge < -0.3 is 0 Å². The summed E-state index contributed by atoms with van der Waals surface area (Å²) in [5, 5.41) is 2.87. The van der Waals surface area contributed by atoms with E-state index in [1.54, 1.807) is 5.56 Å². The summed E-state index contributed by atoms with van der Waals surface area (Å²) in [6, 6.07) is 14.5. The SMILES string of the molecule is CCC/C=C/C1CCC(C2CCC(c3ccc4cc(CCCCC)ccc4c3)CC2)CC1. The van der Waals surface area contributed by atoms with Crippen molar-refractivity contribution in [2.45, 2.75) is 110 Å². The van der Waals surface area contributed by atoms with Gasteiger partial charge in [-0.25, -0.2) is 0 Å². The zero-order chi connectivity index (χ0) is 22.2. The fraction of sp³-hybridized carbons (Fsp3) is 0.625. The molecule has 0 amide bonds. The molecule has 0 atom stereocenters. The summed E-state index contributed by atoms with van der Waals surface area (Å²) in [5.41, 5.74) is 3.11. The molecular weight excluding hydrogens is 384 g/mol. The number of hydrogen-bond donors (Lipinski definition) is 0. The highest BCUT2D eigenvalue weighted by Gasteiger charge is 2.30. The second-order valence-electron chi connectivity index (χ2n) is 10.9. The lowest BCUT2D eigenvalue weighted by Gasteiger charge is -2.37. The molecule has 0 heterocycles. The van der Waals surface area contributed by atoms with E-state index in [0.29, 0.717) is 0 Å². The van der Waals surface area contributed by atoms with E-state index in [2.05, 4.69) is 62.4 Å². The Bertz CT molecular complexity index is 843. The second kappa shape index (κ2) is 12.1. The summed E-state index contributed by atoms with van der Waals surface area (Å²) >= 11 is 0. The van der Waals surface area contributed by atoms with Gasteiger partial charge in [0.1, 0.15) is 0 Å². The van der Waals surface area contributed by atoms with Crippen molar-refractivity contribution in [1.29, 1.82) is 0 Å². The van der Waals surface area contributed by atoms with Gasteiger partial charge in [-0.2, -0.15) is 0 Å². The molecule has 0 heteroatoms. The molecule has 32 heavy (non-hydrogen) atoms. The van der Waals surface area contributed by atoms with E-state index in [0.717, 1.165) is 23.7 Å². The van der Waals surface area contributed by atoms with E-state index >= 15 is 0 Å². The van der Waals surface area contributed by atoms with Crippen molar-refractivity contribution < 1.29 is 0 Å². The molecule has 0 spiro atoms. The maximum atomic E-state index is 2.53. The van der Waals surface area contributed by atoms with Crippen LogP contribution in [0, 0.1) is 17.8 Å². The smallest absolute Gasteiger partial charge is 0.0162 e. The predicted molar refractivity (Wildman–Crippen MR) is 141 cm³/mol. The zero-order valence-electron chi connectivity index (χ0n) is 20.8. The van der Waals surface area contributed by atoms with Gasteiger partial charge in [-0.3, -0.25) is 0 Å².